The highest BCUT2D eigenvalue weighted by Gasteiger charge is 2.38. The van der Waals surface area contributed by atoms with Crippen molar-refractivity contribution in [1.29, 1.82) is 0 Å². The first-order valence-electron chi connectivity index (χ1n) is 8.57. The van der Waals surface area contributed by atoms with Crippen molar-refractivity contribution in [2.24, 2.45) is 0 Å². The monoisotopic (exact) mass is 402 g/mol. The minimum atomic E-state index is -5.08. The van der Waals surface area contributed by atoms with Crippen LogP contribution in [-0.4, -0.2) is 61.9 Å². The molecule has 11 heteroatoms. The van der Waals surface area contributed by atoms with Gasteiger partial charge in [0.25, 0.3) is 0 Å². The number of benzene rings is 1. The van der Waals surface area contributed by atoms with Crippen molar-refractivity contribution in [3.63, 3.8) is 0 Å². The van der Waals surface area contributed by atoms with Gasteiger partial charge in [0.2, 0.25) is 5.91 Å². The first-order chi connectivity index (χ1) is 13.1. The molecule has 28 heavy (non-hydrogen) atoms. The summed E-state index contributed by atoms with van der Waals surface area (Å²) in [5.41, 5.74) is 3.21. The molecule has 1 aromatic rings. The summed E-state index contributed by atoms with van der Waals surface area (Å²) in [4.78, 5) is 36.0. The summed E-state index contributed by atoms with van der Waals surface area (Å²) >= 11 is 0. The van der Waals surface area contributed by atoms with Crippen LogP contribution in [0.25, 0.3) is 0 Å². The van der Waals surface area contributed by atoms with Gasteiger partial charge in [-0.25, -0.2) is 9.59 Å². The number of urea groups is 1. The lowest BCUT2D eigenvalue weighted by molar-refractivity contribution is -0.192. The third-order valence-corrected chi connectivity index (χ3v) is 4.25. The number of anilines is 2. The average Bonchev–Trinajstić information content (AvgIpc) is 2.62. The molecule has 0 saturated carbocycles. The molecule has 2 saturated heterocycles. The number of hydrogen-bond donors (Lipinski definition) is 3. The van der Waals surface area contributed by atoms with Gasteiger partial charge in [0, 0.05) is 50.5 Å². The van der Waals surface area contributed by atoms with Crippen molar-refractivity contribution in [2.75, 3.05) is 42.5 Å². The van der Waals surface area contributed by atoms with E-state index < -0.39 is 12.1 Å². The molecule has 0 aliphatic carbocycles. The Kier molecular flexibility index (Phi) is 6.84. The lowest BCUT2D eigenvalue weighted by Gasteiger charge is -2.32. The highest BCUT2D eigenvalue weighted by Crippen LogP contribution is 2.27. The highest BCUT2D eigenvalue weighted by molar-refractivity contribution is 6.05. The number of aryl methyl sites for hydroxylation is 1. The van der Waals surface area contributed by atoms with E-state index in [-0.39, 0.29) is 11.9 Å². The molecule has 0 unspecified atom stereocenters. The molecule has 2 aliphatic rings. The van der Waals surface area contributed by atoms with Crippen molar-refractivity contribution >= 4 is 29.3 Å². The standard InChI is InChI=1S/C15H20N4O2.C2HF3O2/c1-11-10-12(19-7-4-14(20)17-15(19)21)2-3-13(11)18-8-5-16-6-9-18;3-2(4,5)1(6)7/h2-3,10,16H,4-9H2,1H3,(H,17,20,21);(H,6,7). The van der Waals surface area contributed by atoms with E-state index in [1.807, 2.05) is 12.1 Å². The molecule has 2 aliphatic heterocycles. The summed E-state index contributed by atoms with van der Waals surface area (Å²) in [5, 5.41) is 12.8. The Bertz CT molecular complexity index is 748. The van der Waals surface area contributed by atoms with Crippen LogP contribution in [0.5, 0.6) is 0 Å². The molecule has 2 fully saturated rings. The average molecular weight is 402 g/mol. The number of halogens is 3. The van der Waals surface area contributed by atoms with Crippen LogP contribution in [0.15, 0.2) is 18.2 Å². The van der Waals surface area contributed by atoms with Crippen LogP contribution in [-0.2, 0) is 9.59 Å². The maximum atomic E-state index is 11.9. The first kappa shape index (κ1) is 21.5. The maximum Gasteiger partial charge on any atom is 0.490 e. The fraction of sp³-hybridized carbons (Fsp3) is 0.471. The van der Waals surface area contributed by atoms with Crippen molar-refractivity contribution in [3.8, 4) is 0 Å². The van der Waals surface area contributed by atoms with Gasteiger partial charge in [-0.3, -0.25) is 15.0 Å². The van der Waals surface area contributed by atoms with Crippen LogP contribution in [0.2, 0.25) is 0 Å². The molecule has 0 aromatic heterocycles. The van der Waals surface area contributed by atoms with Gasteiger partial charge in [-0.05, 0) is 30.7 Å². The van der Waals surface area contributed by atoms with Gasteiger partial charge < -0.3 is 15.3 Å². The number of hydrogen-bond acceptors (Lipinski definition) is 5. The third-order valence-electron chi connectivity index (χ3n) is 4.25. The number of alkyl halides is 3. The number of amides is 3. The fourth-order valence-electron chi connectivity index (χ4n) is 2.88. The number of carbonyl (C=O) groups excluding carboxylic acids is 2. The number of carboxylic acid groups (broad SMARTS) is 1. The van der Waals surface area contributed by atoms with Gasteiger partial charge in [0.1, 0.15) is 0 Å². The minimum Gasteiger partial charge on any atom is -0.475 e. The number of piperazine rings is 1. The second kappa shape index (κ2) is 8.91. The molecular formula is C17H21F3N4O4. The molecule has 0 bridgehead atoms. The zero-order valence-corrected chi connectivity index (χ0v) is 15.2. The third kappa shape index (κ3) is 5.59. The Hall–Kier alpha value is -2.82. The summed E-state index contributed by atoms with van der Waals surface area (Å²) < 4.78 is 31.7. The molecule has 0 spiro atoms. The maximum absolute atomic E-state index is 11.9. The number of rotatable bonds is 2. The summed E-state index contributed by atoms with van der Waals surface area (Å²) in [7, 11) is 0. The number of carboxylic acids is 1. The molecular weight excluding hydrogens is 381 g/mol. The van der Waals surface area contributed by atoms with Gasteiger partial charge in [0.05, 0.1) is 0 Å². The molecule has 1 aromatic carbocycles. The molecule has 8 nitrogen and oxygen atoms in total. The number of imide groups is 1. The molecule has 0 atom stereocenters. The van der Waals surface area contributed by atoms with E-state index in [1.165, 1.54) is 5.69 Å². The number of nitrogens with one attached hydrogen (secondary N) is 2. The number of carbonyl (C=O) groups is 3. The molecule has 3 rings (SSSR count). The van der Waals surface area contributed by atoms with Gasteiger partial charge in [0.15, 0.2) is 0 Å². The SMILES string of the molecule is Cc1cc(N2CCC(=O)NC2=O)ccc1N1CCNCC1.O=C(O)C(F)(F)F. The van der Waals surface area contributed by atoms with E-state index in [1.54, 1.807) is 4.90 Å². The van der Waals surface area contributed by atoms with Crippen molar-refractivity contribution in [2.45, 2.75) is 19.5 Å². The summed E-state index contributed by atoms with van der Waals surface area (Å²) in [6.45, 7) is 6.50. The first-order valence-corrected chi connectivity index (χ1v) is 8.57. The predicted molar refractivity (Wildman–Crippen MR) is 95.5 cm³/mol. The Morgan fingerprint density at radius 1 is 1.14 bits per heavy atom. The lowest BCUT2D eigenvalue weighted by atomic mass is 10.1. The van der Waals surface area contributed by atoms with Gasteiger partial charge in [-0.15, -0.1) is 0 Å². The Balaban J connectivity index is 0.000000345. The van der Waals surface area contributed by atoms with Crippen LogP contribution in [0.3, 0.4) is 0 Å². The Morgan fingerprint density at radius 3 is 2.25 bits per heavy atom. The summed E-state index contributed by atoms with van der Waals surface area (Å²) in [5.74, 6) is -2.96. The van der Waals surface area contributed by atoms with Crippen molar-refractivity contribution < 1.29 is 32.7 Å². The van der Waals surface area contributed by atoms with E-state index >= 15 is 0 Å². The normalized spacial score (nSPS) is 17.6. The van der Waals surface area contributed by atoms with Crippen molar-refractivity contribution in [1.82, 2.24) is 10.6 Å². The second-order valence-electron chi connectivity index (χ2n) is 6.27. The van der Waals surface area contributed by atoms with Crippen LogP contribution in [0.1, 0.15) is 12.0 Å². The molecule has 2 heterocycles. The van der Waals surface area contributed by atoms with Crippen LogP contribution in [0.4, 0.5) is 29.3 Å². The Labute approximate surface area is 159 Å². The molecule has 0 radical (unpaired) electrons. The van der Waals surface area contributed by atoms with Crippen LogP contribution < -0.4 is 20.4 Å². The van der Waals surface area contributed by atoms with Gasteiger partial charge >= 0.3 is 18.2 Å². The van der Waals surface area contributed by atoms with Gasteiger partial charge in [-0.2, -0.15) is 13.2 Å². The van der Waals surface area contributed by atoms with E-state index in [9.17, 15) is 22.8 Å². The quantitative estimate of drug-likeness (QED) is 0.693. The van der Waals surface area contributed by atoms with E-state index in [0.29, 0.717) is 13.0 Å². The summed E-state index contributed by atoms with van der Waals surface area (Å²) in [6.07, 6.45) is -4.73. The van der Waals surface area contributed by atoms with E-state index in [0.717, 1.165) is 37.4 Å². The molecule has 3 N–H and O–H groups in total. The molecule has 3 amide bonds. The zero-order valence-electron chi connectivity index (χ0n) is 15.2. The smallest absolute Gasteiger partial charge is 0.475 e. The van der Waals surface area contributed by atoms with Crippen LogP contribution in [0, 0.1) is 6.92 Å². The van der Waals surface area contributed by atoms with Crippen LogP contribution >= 0.6 is 0 Å². The van der Waals surface area contributed by atoms with E-state index in [4.69, 9.17) is 9.90 Å². The largest absolute Gasteiger partial charge is 0.490 e. The lowest BCUT2D eigenvalue weighted by Crippen LogP contribution is -2.49. The number of aliphatic carboxylic acids is 1. The van der Waals surface area contributed by atoms with E-state index in [2.05, 4.69) is 28.5 Å². The topological polar surface area (TPSA) is 102 Å². The minimum absolute atomic E-state index is 0.203. The molecule has 154 valence electrons. The Morgan fingerprint density at radius 2 is 1.75 bits per heavy atom. The highest BCUT2D eigenvalue weighted by atomic mass is 19.4. The van der Waals surface area contributed by atoms with Gasteiger partial charge in [-0.1, -0.05) is 0 Å². The second-order valence-corrected chi connectivity index (χ2v) is 6.27. The predicted octanol–water partition coefficient (Wildman–Crippen LogP) is 1.48. The fourth-order valence-corrected chi connectivity index (χ4v) is 2.88. The summed E-state index contributed by atoms with van der Waals surface area (Å²) in [6, 6.07) is 5.71. The zero-order chi connectivity index (χ0) is 20.9. The van der Waals surface area contributed by atoms with Crippen molar-refractivity contribution in [3.05, 3.63) is 23.8 Å². The number of nitrogens with zero attached hydrogens (tertiary/aromatic N) is 2.